The van der Waals surface area contributed by atoms with Crippen LogP contribution in [0.25, 0.3) is 0 Å². The molecule has 2 aromatic rings. The largest absolute Gasteiger partial charge is 0.431 e. The molecule has 0 spiro atoms. The molecule has 0 bridgehead atoms. The summed E-state index contributed by atoms with van der Waals surface area (Å²) in [5.41, 5.74) is 0.948. The summed E-state index contributed by atoms with van der Waals surface area (Å²) in [6, 6.07) is 9.36. The first kappa shape index (κ1) is 13.2. The summed E-state index contributed by atoms with van der Waals surface area (Å²) in [7, 11) is 0. The van der Waals surface area contributed by atoms with E-state index >= 15 is 0 Å². The highest BCUT2D eigenvalue weighted by Gasteiger charge is 2.09. The summed E-state index contributed by atoms with van der Waals surface area (Å²) >= 11 is 12.9. The highest BCUT2D eigenvalue weighted by molar-refractivity contribution is 7.14. The fraction of sp³-hybridized carbons (Fsp3) is 0.167. The fourth-order valence-corrected chi connectivity index (χ4v) is 2.64. The highest BCUT2D eigenvalue weighted by atomic mass is 35.5. The number of ether oxygens (including phenoxy) is 1. The van der Waals surface area contributed by atoms with Crippen molar-refractivity contribution in [3.05, 3.63) is 39.9 Å². The highest BCUT2D eigenvalue weighted by Crippen LogP contribution is 2.32. The Morgan fingerprint density at radius 1 is 1.33 bits per heavy atom. The van der Waals surface area contributed by atoms with Gasteiger partial charge in [0.15, 0.2) is 0 Å². The van der Waals surface area contributed by atoms with Crippen LogP contribution in [0.5, 0.6) is 10.9 Å². The van der Waals surface area contributed by atoms with Crippen molar-refractivity contribution >= 4 is 34.5 Å². The van der Waals surface area contributed by atoms with Crippen molar-refractivity contribution in [2.45, 2.75) is 12.3 Å². The van der Waals surface area contributed by atoms with E-state index in [0.29, 0.717) is 28.4 Å². The molecular weight excluding hydrogens is 291 g/mol. The van der Waals surface area contributed by atoms with E-state index in [4.69, 9.17) is 33.2 Å². The van der Waals surface area contributed by atoms with E-state index in [1.165, 1.54) is 11.3 Å². The monoisotopic (exact) mass is 298 g/mol. The Kier molecular flexibility index (Phi) is 4.43. The molecule has 0 saturated carbocycles. The number of aromatic nitrogens is 1. The Morgan fingerprint density at radius 3 is 2.61 bits per heavy atom. The molecule has 0 aliphatic carbocycles. The van der Waals surface area contributed by atoms with Gasteiger partial charge < -0.3 is 4.74 Å². The third-order valence-corrected chi connectivity index (χ3v) is 3.95. The first-order chi connectivity index (χ1) is 8.72. The van der Waals surface area contributed by atoms with Gasteiger partial charge in [0.25, 0.3) is 5.19 Å². The van der Waals surface area contributed by atoms with Crippen molar-refractivity contribution < 1.29 is 4.74 Å². The lowest BCUT2D eigenvalue weighted by Crippen LogP contribution is -1.85. The molecule has 1 aromatic heterocycles. The van der Waals surface area contributed by atoms with Crippen molar-refractivity contribution in [2.75, 3.05) is 0 Å². The van der Waals surface area contributed by atoms with Crippen LogP contribution < -0.4 is 4.74 Å². The zero-order chi connectivity index (χ0) is 13.0. The molecule has 6 heteroatoms. The van der Waals surface area contributed by atoms with Crippen LogP contribution in [-0.2, 0) is 12.3 Å². The number of thiazole rings is 1. The van der Waals surface area contributed by atoms with Crippen LogP contribution in [0.1, 0.15) is 10.4 Å². The Morgan fingerprint density at radius 2 is 2.06 bits per heavy atom. The molecule has 0 saturated heterocycles. The van der Waals surface area contributed by atoms with Gasteiger partial charge in [-0.15, -0.1) is 11.6 Å². The predicted octanol–water partition coefficient (Wildman–Crippen LogP) is 4.39. The van der Waals surface area contributed by atoms with Crippen LogP contribution in [0.4, 0.5) is 0 Å². The molecule has 3 nitrogen and oxygen atoms in total. The average Bonchev–Trinajstić information content (AvgIpc) is 2.72. The number of nitriles is 1. The standard InChI is InChI=1S/C12H8Cl2N2OS/c13-7-10-11(14)16-12(18-10)17-9-3-1-8(2-4-9)5-6-15/h1-4H,5,7H2. The number of benzene rings is 1. The summed E-state index contributed by atoms with van der Waals surface area (Å²) in [6.07, 6.45) is 0.389. The minimum absolute atomic E-state index is 0.320. The molecule has 1 aromatic carbocycles. The van der Waals surface area contributed by atoms with Crippen LogP contribution in [0, 0.1) is 11.3 Å². The second kappa shape index (κ2) is 6.05. The average molecular weight is 299 g/mol. The lowest BCUT2D eigenvalue weighted by atomic mass is 10.2. The van der Waals surface area contributed by atoms with E-state index < -0.39 is 0 Å². The summed E-state index contributed by atoms with van der Waals surface area (Å²) in [5.74, 6) is 0.976. The predicted molar refractivity (Wildman–Crippen MR) is 72.5 cm³/mol. The van der Waals surface area contributed by atoms with Crippen molar-refractivity contribution in [3.63, 3.8) is 0 Å². The molecule has 0 unspecified atom stereocenters. The van der Waals surface area contributed by atoms with E-state index in [-0.39, 0.29) is 0 Å². The number of alkyl halides is 1. The van der Waals surface area contributed by atoms with Crippen LogP contribution in [-0.4, -0.2) is 4.98 Å². The van der Waals surface area contributed by atoms with Gasteiger partial charge in [-0.3, -0.25) is 0 Å². The van der Waals surface area contributed by atoms with Gasteiger partial charge in [0, 0.05) is 0 Å². The summed E-state index contributed by atoms with van der Waals surface area (Å²) < 4.78 is 5.56. The van der Waals surface area contributed by atoms with Gasteiger partial charge in [-0.25, -0.2) is 0 Å². The number of halogens is 2. The van der Waals surface area contributed by atoms with Crippen LogP contribution >= 0.6 is 34.5 Å². The maximum atomic E-state index is 8.57. The lowest BCUT2D eigenvalue weighted by Gasteiger charge is -2.01. The molecule has 0 fully saturated rings. The van der Waals surface area contributed by atoms with Gasteiger partial charge in [0.05, 0.1) is 23.2 Å². The second-order valence-corrected chi connectivity index (χ2v) is 5.08. The zero-order valence-corrected chi connectivity index (χ0v) is 11.5. The Bertz CT molecular complexity index is 575. The van der Waals surface area contributed by atoms with Crippen LogP contribution in [0.15, 0.2) is 24.3 Å². The van der Waals surface area contributed by atoms with Crippen molar-refractivity contribution in [1.29, 1.82) is 5.26 Å². The van der Waals surface area contributed by atoms with Crippen LogP contribution in [0.3, 0.4) is 0 Å². The van der Waals surface area contributed by atoms with Gasteiger partial charge >= 0.3 is 0 Å². The van der Waals surface area contributed by atoms with Crippen LogP contribution in [0.2, 0.25) is 5.15 Å². The molecule has 0 N–H and O–H groups in total. The Labute approximate surface area is 119 Å². The fourth-order valence-electron chi connectivity index (χ4n) is 1.31. The van der Waals surface area contributed by atoms with Crippen molar-refractivity contribution in [2.24, 2.45) is 0 Å². The number of hydrogen-bond donors (Lipinski definition) is 0. The molecular formula is C12H8Cl2N2OS. The normalized spacial score (nSPS) is 10.1. The molecule has 0 atom stereocenters. The first-order valence-corrected chi connectivity index (χ1v) is 6.80. The van der Waals surface area contributed by atoms with E-state index in [1.807, 2.05) is 12.1 Å². The van der Waals surface area contributed by atoms with E-state index in [1.54, 1.807) is 12.1 Å². The van der Waals surface area contributed by atoms with Gasteiger partial charge in [-0.05, 0) is 17.7 Å². The topological polar surface area (TPSA) is 45.9 Å². The van der Waals surface area contributed by atoms with Crippen molar-refractivity contribution in [3.8, 4) is 17.0 Å². The van der Waals surface area contributed by atoms with E-state index in [0.717, 1.165) is 10.4 Å². The number of hydrogen-bond acceptors (Lipinski definition) is 4. The Hall–Kier alpha value is -1.28. The molecule has 0 aliphatic heterocycles. The van der Waals surface area contributed by atoms with Gasteiger partial charge in [-0.1, -0.05) is 35.1 Å². The lowest BCUT2D eigenvalue weighted by molar-refractivity contribution is 0.479. The molecule has 18 heavy (non-hydrogen) atoms. The SMILES string of the molecule is N#CCc1ccc(Oc2nc(Cl)c(CCl)s2)cc1. The van der Waals surface area contributed by atoms with Crippen molar-refractivity contribution in [1.82, 2.24) is 4.98 Å². The Balaban J connectivity index is 2.11. The summed E-state index contributed by atoms with van der Waals surface area (Å²) in [4.78, 5) is 4.85. The quantitative estimate of drug-likeness (QED) is 0.786. The van der Waals surface area contributed by atoms with Gasteiger partial charge in [0.2, 0.25) is 0 Å². The second-order valence-electron chi connectivity index (χ2n) is 3.41. The minimum Gasteiger partial charge on any atom is -0.431 e. The van der Waals surface area contributed by atoms with E-state index in [9.17, 15) is 0 Å². The molecule has 0 radical (unpaired) electrons. The van der Waals surface area contributed by atoms with E-state index in [2.05, 4.69) is 11.1 Å². The molecule has 0 amide bonds. The maximum absolute atomic E-state index is 8.57. The number of nitrogens with zero attached hydrogens (tertiary/aromatic N) is 2. The van der Waals surface area contributed by atoms with Gasteiger partial charge in [0.1, 0.15) is 10.9 Å². The summed E-state index contributed by atoms with van der Waals surface area (Å²) in [6.45, 7) is 0. The molecule has 2 rings (SSSR count). The molecule has 0 aliphatic rings. The zero-order valence-electron chi connectivity index (χ0n) is 9.19. The molecule has 1 heterocycles. The minimum atomic E-state index is 0.320. The summed E-state index contributed by atoms with van der Waals surface area (Å²) in [5, 5.41) is 9.41. The number of rotatable bonds is 4. The van der Waals surface area contributed by atoms with Gasteiger partial charge in [-0.2, -0.15) is 10.2 Å². The maximum Gasteiger partial charge on any atom is 0.280 e. The first-order valence-electron chi connectivity index (χ1n) is 5.08. The third-order valence-electron chi connectivity index (χ3n) is 2.16. The smallest absolute Gasteiger partial charge is 0.280 e. The molecule has 92 valence electrons. The third kappa shape index (κ3) is 3.14.